The molecule has 0 spiro atoms. The number of pyridine rings is 1. The van der Waals surface area contributed by atoms with Gasteiger partial charge in [-0.2, -0.15) is 0 Å². The van der Waals surface area contributed by atoms with Crippen LogP contribution in [-0.2, 0) is 4.74 Å². The van der Waals surface area contributed by atoms with E-state index in [0.717, 1.165) is 3.71 Å². The fourth-order valence-electron chi connectivity index (χ4n) is 2.47. The van der Waals surface area contributed by atoms with Crippen LogP contribution >= 0.6 is 0 Å². The summed E-state index contributed by atoms with van der Waals surface area (Å²) >= 11 is -2.43. The van der Waals surface area contributed by atoms with E-state index >= 15 is 0 Å². The van der Waals surface area contributed by atoms with Gasteiger partial charge >= 0.3 is 148 Å². The van der Waals surface area contributed by atoms with E-state index in [2.05, 4.69) is 14.8 Å². The van der Waals surface area contributed by atoms with Crippen LogP contribution in [-0.4, -0.2) is 66.1 Å². The second-order valence-electron chi connectivity index (χ2n) is 8.23. The van der Waals surface area contributed by atoms with Gasteiger partial charge < -0.3 is 0 Å². The van der Waals surface area contributed by atoms with Gasteiger partial charge in [-0.1, -0.05) is 0 Å². The second kappa shape index (κ2) is 7.06. The Bertz CT molecular complexity index is 603. The molecule has 1 aromatic rings. The molecule has 2 heterocycles. The fourth-order valence-corrected chi connectivity index (χ4v) is 5.39. The van der Waals surface area contributed by atoms with Crippen molar-refractivity contribution in [1.29, 1.82) is 0 Å². The van der Waals surface area contributed by atoms with Crippen molar-refractivity contribution in [1.82, 2.24) is 9.88 Å². The van der Waals surface area contributed by atoms with E-state index in [0.29, 0.717) is 32.0 Å². The first-order chi connectivity index (χ1) is 11.0. The van der Waals surface area contributed by atoms with Crippen molar-refractivity contribution < 1.29 is 13.9 Å². The van der Waals surface area contributed by atoms with Gasteiger partial charge in [-0.15, -0.1) is 0 Å². The molecule has 7 heteroatoms. The molecule has 0 unspecified atom stereocenters. The number of halogens is 1. The summed E-state index contributed by atoms with van der Waals surface area (Å²) in [7, 11) is 0. The molecule has 2 rings (SSSR count). The van der Waals surface area contributed by atoms with Crippen molar-refractivity contribution in [3.63, 3.8) is 0 Å². The van der Waals surface area contributed by atoms with Crippen LogP contribution in [0.15, 0.2) is 12.1 Å². The van der Waals surface area contributed by atoms with Crippen molar-refractivity contribution >= 4 is 34.0 Å². The van der Waals surface area contributed by atoms with Crippen molar-refractivity contribution in [2.45, 2.75) is 41.2 Å². The topological polar surface area (TPSA) is 45.7 Å². The summed E-state index contributed by atoms with van der Waals surface area (Å²) in [5.74, 6) is 0.455. The zero-order valence-electron chi connectivity index (χ0n) is 15.5. The third-order valence-electron chi connectivity index (χ3n) is 3.80. The minimum absolute atomic E-state index is 0.226. The van der Waals surface area contributed by atoms with Crippen LogP contribution in [0.25, 0.3) is 0 Å². The molecule has 134 valence electrons. The number of piperazine rings is 1. The number of rotatable bonds is 2. The number of aromatic nitrogens is 1. The molecule has 5 nitrogen and oxygen atoms in total. The molecule has 1 saturated heterocycles. The number of hydrogen-bond donors (Lipinski definition) is 0. The molecule has 1 aromatic heterocycles. The van der Waals surface area contributed by atoms with Crippen molar-refractivity contribution in [2.24, 2.45) is 0 Å². The Balaban J connectivity index is 2.05. The van der Waals surface area contributed by atoms with Crippen molar-refractivity contribution in [3.8, 4) is 0 Å². The summed E-state index contributed by atoms with van der Waals surface area (Å²) in [5, 5.41) is 0. The summed E-state index contributed by atoms with van der Waals surface area (Å²) in [5.41, 5.74) is -0.493. The van der Waals surface area contributed by atoms with Gasteiger partial charge in [0.05, 0.1) is 0 Å². The SMILES string of the molecule is CC(C)(C)OC(=O)N1CCN(c2cc(F)c[c]([Sn]([CH3])([CH3])[CH3])n2)CC1. The normalized spacial score (nSPS) is 16.3. The molecule has 1 amide bonds. The van der Waals surface area contributed by atoms with E-state index in [9.17, 15) is 9.18 Å². The number of nitrogens with zero attached hydrogens (tertiary/aromatic N) is 3. The van der Waals surface area contributed by atoms with Crippen LogP contribution in [0, 0.1) is 5.82 Å². The first-order valence-electron chi connectivity index (χ1n) is 8.37. The van der Waals surface area contributed by atoms with Gasteiger partial charge in [-0.25, -0.2) is 0 Å². The van der Waals surface area contributed by atoms with Gasteiger partial charge in [0.25, 0.3) is 0 Å². The number of anilines is 1. The molecular weight excluding hydrogens is 416 g/mol. The van der Waals surface area contributed by atoms with Gasteiger partial charge in [0.15, 0.2) is 0 Å². The molecule has 24 heavy (non-hydrogen) atoms. The molecule has 1 fully saturated rings. The third kappa shape index (κ3) is 5.22. The van der Waals surface area contributed by atoms with Crippen LogP contribution in [0.3, 0.4) is 0 Å². The van der Waals surface area contributed by atoms with Gasteiger partial charge in [0, 0.05) is 0 Å². The van der Waals surface area contributed by atoms with Crippen molar-refractivity contribution in [3.05, 3.63) is 17.9 Å². The molecule has 0 bridgehead atoms. The van der Waals surface area contributed by atoms with Gasteiger partial charge in [0.2, 0.25) is 0 Å². The molecule has 0 atom stereocenters. The van der Waals surface area contributed by atoms with Crippen LogP contribution in [0.5, 0.6) is 0 Å². The molecule has 0 radical (unpaired) electrons. The van der Waals surface area contributed by atoms with Crippen LogP contribution in [0.4, 0.5) is 15.0 Å². The second-order valence-corrected chi connectivity index (χ2v) is 22.5. The van der Waals surface area contributed by atoms with E-state index in [1.165, 1.54) is 6.07 Å². The summed E-state index contributed by atoms with van der Waals surface area (Å²) in [6.07, 6.45) is -0.291. The van der Waals surface area contributed by atoms with Gasteiger partial charge in [-0.05, 0) is 0 Å². The first kappa shape index (κ1) is 19.3. The van der Waals surface area contributed by atoms with E-state index in [1.54, 1.807) is 11.0 Å². The van der Waals surface area contributed by atoms with E-state index in [1.807, 2.05) is 25.7 Å². The summed E-state index contributed by atoms with van der Waals surface area (Å²) in [4.78, 5) is 27.2. The molecule has 0 aliphatic carbocycles. The zero-order valence-corrected chi connectivity index (χ0v) is 18.4. The third-order valence-corrected chi connectivity index (χ3v) is 8.92. The van der Waals surface area contributed by atoms with E-state index in [4.69, 9.17) is 9.72 Å². The molecule has 0 saturated carbocycles. The Morgan fingerprint density at radius 1 is 1.17 bits per heavy atom. The zero-order chi connectivity index (χ0) is 18.1. The number of amides is 1. The van der Waals surface area contributed by atoms with Gasteiger partial charge in [0.1, 0.15) is 0 Å². The predicted molar refractivity (Wildman–Crippen MR) is 97.2 cm³/mol. The maximum atomic E-state index is 14.0. The average molecular weight is 444 g/mol. The summed E-state index contributed by atoms with van der Waals surface area (Å²) in [6.45, 7) is 7.96. The van der Waals surface area contributed by atoms with E-state index < -0.39 is 24.0 Å². The summed E-state index contributed by atoms with van der Waals surface area (Å²) in [6, 6.07) is 3.07. The van der Waals surface area contributed by atoms with Gasteiger partial charge in [-0.3, -0.25) is 0 Å². The van der Waals surface area contributed by atoms with Crippen LogP contribution in [0.1, 0.15) is 20.8 Å². The maximum absolute atomic E-state index is 14.0. The van der Waals surface area contributed by atoms with Crippen LogP contribution in [0.2, 0.25) is 14.8 Å². The number of ether oxygens (including phenoxy) is 1. The Morgan fingerprint density at radius 2 is 1.75 bits per heavy atom. The minimum atomic E-state index is -2.43. The molecule has 0 N–H and O–H groups in total. The van der Waals surface area contributed by atoms with Crippen LogP contribution < -0.4 is 8.61 Å². The summed E-state index contributed by atoms with van der Waals surface area (Å²) < 4.78 is 20.3. The number of carbonyl (C=O) groups is 1. The molecule has 0 aromatic carbocycles. The molecule has 1 aliphatic rings. The quantitative estimate of drug-likeness (QED) is 0.659. The standard InChI is InChI=1S/C14H19FN3O2.3CH3.Sn/c1-14(2,3)20-13(19)18-8-6-17(7-9-18)12-10-11(15)4-5-16-12;;;;/h4,10H,6-9H2,1-3H3;3*1H3;. The Kier molecular flexibility index (Phi) is 5.67. The Morgan fingerprint density at radius 3 is 2.25 bits per heavy atom. The van der Waals surface area contributed by atoms with E-state index in [-0.39, 0.29) is 11.9 Å². The molecular formula is C17H28FN3O2Sn. The number of carbonyl (C=O) groups excluding carboxylic acids is 1. The monoisotopic (exact) mass is 445 g/mol. The first-order valence-corrected chi connectivity index (χ1v) is 18.4. The fraction of sp³-hybridized carbons (Fsp3) is 0.647. The van der Waals surface area contributed by atoms with Crippen molar-refractivity contribution in [2.75, 3.05) is 31.1 Å². The molecule has 1 aliphatic heterocycles. The predicted octanol–water partition coefficient (Wildman–Crippen LogP) is 2.82. The average Bonchev–Trinajstić information content (AvgIpc) is 2.44. The number of hydrogen-bond acceptors (Lipinski definition) is 4. The Labute approximate surface area is 148 Å². The Hall–Kier alpha value is -1.05.